The molecule has 1 aliphatic carbocycles. The normalized spacial score (nSPS) is 16.4. The molecule has 0 saturated heterocycles. The minimum absolute atomic E-state index is 0.212. The number of hydrogen-bond acceptors (Lipinski definition) is 2. The highest BCUT2D eigenvalue weighted by molar-refractivity contribution is 5.32. The first kappa shape index (κ1) is 13.4. The van der Waals surface area contributed by atoms with Crippen molar-refractivity contribution < 1.29 is 0 Å². The van der Waals surface area contributed by atoms with Crippen LogP contribution in [-0.2, 0) is 25.8 Å². The van der Waals surface area contributed by atoms with E-state index >= 15 is 0 Å². The Morgan fingerprint density at radius 2 is 1.95 bits per heavy atom. The number of rotatable bonds is 4. The number of aryl methyl sites for hydroxylation is 2. The Bertz CT molecular complexity index is 575. The third-order valence-corrected chi connectivity index (χ3v) is 4.42. The third kappa shape index (κ3) is 2.50. The van der Waals surface area contributed by atoms with E-state index in [1.165, 1.54) is 16.8 Å². The Kier molecular flexibility index (Phi) is 3.62. The standard InChI is InChI=1S/C17H23N3/c1-3-20-16(8-12(2)19-20)11-17(18)15-9-13-6-4-5-7-14(13)10-15/h4-8,15,17H,3,9-11,18H2,1-2H3. The SMILES string of the molecule is CCn1nc(C)cc1CC(N)C1Cc2ccccc2C1. The molecule has 1 aromatic heterocycles. The van der Waals surface area contributed by atoms with Crippen LogP contribution >= 0.6 is 0 Å². The van der Waals surface area contributed by atoms with Gasteiger partial charge in [-0.1, -0.05) is 24.3 Å². The second kappa shape index (κ2) is 5.41. The smallest absolute Gasteiger partial charge is 0.0596 e. The van der Waals surface area contributed by atoms with E-state index in [1.54, 1.807) is 0 Å². The average molecular weight is 269 g/mol. The van der Waals surface area contributed by atoms with Crippen molar-refractivity contribution in [1.29, 1.82) is 0 Å². The molecule has 0 radical (unpaired) electrons. The number of benzene rings is 1. The van der Waals surface area contributed by atoms with Gasteiger partial charge in [-0.15, -0.1) is 0 Å². The maximum atomic E-state index is 6.48. The largest absolute Gasteiger partial charge is 0.327 e. The van der Waals surface area contributed by atoms with Gasteiger partial charge < -0.3 is 5.73 Å². The van der Waals surface area contributed by atoms with E-state index in [1.807, 2.05) is 6.92 Å². The molecular formula is C17H23N3. The van der Waals surface area contributed by atoms with Crippen molar-refractivity contribution in [1.82, 2.24) is 9.78 Å². The summed E-state index contributed by atoms with van der Waals surface area (Å²) in [5.74, 6) is 0.563. The minimum Gasteiger partial charge on any atom is -0.327 e. The van der Waals surface area contributed by atoms with Gasteiger partial charge >= 0.3 is 0 Å². The summed E-state index contributed by atoms with van der Waals surface area (Å²) in [5, 5.41) is 4.51. The molecule has 0 aliphatic heterocycles. The van der Waals surface area contributed by atoms with Gasteiger partial charge in [-0.25, -0.2) is 0 Å². The molecule has 0 fully saturated rings. The molecule has 3 nitrogen and oxygen atoms in total. The van der Waals surface area contributed by atoms with Crippen LogP contribution in [0.15, 0.2) is 30.3 Å². The minimum atomic E-state index is 0.212. The third-order valence-electron chi connectivity index (χ3n) is 4.42. The predicted octanol–water partition coefficient (Wildman–Crippen LogP) is 2.50. The lowest BCUT2D eigenvalue weighted by Gasteiger charge is -2.19. The molecule has 2 aromatic rings. The zero-order valence-electron chi connectivity index (χ0n) is 12.3. The van der Waals surface area contributed by atoms with Crippen LogP contribution in [0.1, 0.15) is 29.4 Å². The summed E-state index contributed by atoms with van der Waals surface area (Å²) in [6, 6.07) is 11.1. The zero-order chi connectivity index (χ0) is 14.1. The van der Waals surface area contributed by atoms with Gasteiger partial charge in [-0.2, -0.15) is 5.10 Å². The van der Waals surface area contributed by atoms with E-state index in [2.05, 4.69) is 47.0 Å². The molecule has 0 amide bonds. The second-order valence-corrected chi connectivity index (χ2v) is 5.90. The molecule has 106 valence electrons. The van der Waals surface area contributed by atoms with Gasteiger partial charge in [0.2, 0.25) is 0 Å². The number of nitrogens with zero attached hydrogens (tertiary/aromatic N) is 2. The van der Waals surface area contributed by atoms with Gasteiger partial charge in [0.1, 0.15) is 0 Å². The molecule has 1 aliphatic rings. The highest BCUT2D eigenvalue weighted by atomic mass is 15.3. The lowest BCUT2D eigenvalue weighted by molar-refractivity contribution is 0.425. The van der Waals surface area contributed by atoms with Crippen LogP contribution in [0.2, 0.25) is 0 Å². The van der Waals surface area contributed by atoms with Crippen molar-refractivity contribution in [3.8, 4) is 0 Å². The summed E-state index contributed by atoms with van der Waals surface area (Å²) >= 11 is 0. The summed E-state index contributed by atoms with van der Waals surface area (Å²) < 4.78 is 2.08. The number of nitrogens with two attached hydrogens (primary N) is 1. The molecule has 1 atom stereocenters. The maximum absolute atomic E-state index is 6.48. The molecule has 20 heavy (non-hydrogen) atoms. The first-order valence-corrected chi connectivity index (χ1v) is 7.53. The van der Waals surface area contributed by atoms with Gasteiger partial charge in [0.25, 0.3) is 0 Å². The van der Waals surface area contributed by atoms with Crippen LogP contribution in [0.25, 0.3) is 0 Å². The van der Waals surface area contributed by atoms with Crippen LogP contribution in [-0.4, -0.2) is 15.8 Å². The summed E-state index contributed by atoms with van der Waals surface area (Å²) in [5.41, 5.74) is 11.8. The van der Waals surface area contributed by atoms with E-state index in [0.717, 1.165) is 31.5 Å². The van der Waals surface area contributed by atoms with Gasteiger partial charge in [-0.3, -0.25) is 4.68 Å². The van der Waals surface area contributed by atoms with Crippen molar-refractivity contribution in [3.63, 3.8) is 0 Å². The fraction of sp³-hybridized carbons (Fsp3) is 0.471. The molecule has 3 heteroatoms. The Morgan fingerprint density at radius 1 is 1.30 bits per heavy atom. The highest BCUT2D eigenvalue weighted by Gasteiger charge is 2.27. The second-order valence-electron chi connectivity index (χ2n) is 5.90. The fourth-order valence-electron chi connectivity index (χ4n) is 3.34. The summed E-state index contributed by atoms with van der Waals surface area (Å²) in [6.45, 7) is 5.10. The molecule has 0 spiro atoms. The van der Waals surface area contributed by atoms with E-state index in [4.69, 9.17) is 5.73 Å². The molecule has 3 rings (SSSR count). The lowest BCUT2D eigenvalue weighted by atomic mass is 9.93. The molecule has 2 N–H and O–H groups in total. The maximum Gasteiger partial charge on any atom is 0.0596 e. The molecular weight excluding hydrogens is 246 g/mol. The van der Waals surface area contributed by atoms with Crippen molar-refractivity contribution in [2.24, 2.45) is 11.7 Å². The van der Waals surface area contributed by atoms with Gasteiger partial charge in [0.15, 0.2) is 0 Å². The van der Waals surface area contributed by atoms with Gasteiger partial charge in [-0.05, 0) is 49.8 Å². The Hall–Kier alpha value is -1.61. The van der Waals surface area contributed by atoms with Gasteiger partial charge in [0.05, 0.1) is 5.69 Å². The summed E-state index contributed by atoms with van der Waals surface area (Å²) in [7, 11) is 0. The Morgan fingerprint density at radius 3 is 2.55 bits per heavy atom. The van der Waals surface area contributed by atoms with E-state index in [-0.39, 0.29) is 6.04 Å². The van der Waals surface area contributed by atoms with Crippen LogP contribution < -0.4 is 5.73 Å². The number of fused-ring (bicyclic) bond motifs is 1. The van der Waals surface area contributed by atoms with Gasteiger partial charge in [0, 0.05) is 24.7 Å². The molecule has 1 heterocycles. The van der Waals surface area contributed by atoms with Crippen LogP contribution in [0.4, 0.5) is 0 Å². The van der Waals surface area contributed by atoms with Crippen molar-refractivity contribution in [3.05, 3.63) is 52.8 Å². The molecule has 0 bridgehead atoms. The summed E-state index contributed by atoms with van der Waals surface area (Å²) in [6.07, 6.45) is 3.17. The molecule has 1 unspecified atom stereocenters. The Balaban J connectivity index is 1.70. The van der Waals surface area contributed by atoms with Crippen molar-refractivity contribution >= 4 is 0 Å². The van der Waals surface area contributed by atoms with Crippen LogP contribution in [0.3, 0.4) is 0 Å². The van der Waals surface area contributed by atoms with Crippen LogP contribution in [0, 0.1) is 12.8 Å². The molecule has 1 aromatic carbocycles. The van der Waals surface area contributed by atoms with E-state index in [0.29, 0.717) is 5.92 Å². The van der Waals surface area contributed by atoms with E-state index in [9.17, 15) is 0 Å². The quantitative estimate of drug-likeness (QED) is 0.926. The first-order chi connectivity index (χ1) is 9.67. The Labute approximate surface area is 120 Å². The van der Waals surface area contributed by atoms with Crippen LogP contribution in [0.5, 0.6) is 0 Å². The predicted molar refractivity (Wildman–Crippen MR) is 81.7 cm³/mol. The average Bonchev–Trinajstić information content (AvgIpc) is 3.01. The van der Waals surface area contributed by atoms with Crippen molar-refractivity contribution in [2.45, 2.75) is 45.7 Å². The lowest BCUT2D eigenvalue weighted by Crippen LogP contribution is -2.33. The van der Waals surface area contributed by atoms with Crippen molar-refractivity contribution in [2.75, 3.05) is 0 Å². The summed E-state index contributed by atoms with van der Waals surface area (Å²) in [4.78, 5) is 0. The monoisotopic (exact) mass is 269 g/mol. The first-order valence-electron chi connectivity index (χ1n) is 7.53. The molecule has 0 saturated carbocycles. The highest BCUT2D eigenvalue weighted by Crippen LogP contribution is 2.29. The fourth-order valence-corrected chi connectivity index (χ4v) is 3.34. The number of aromatic nitrogens is 2. The number of hydrogen-bond donors (Lipinski definition) is 1. The van der Waals surface area contributed by atoms with E-state index < -0.39 is 0 Å². The zero-order valence-corrected chi connectivity index (χ0v) is 12.3. The topological polar surface area (TPSA) is 43.8 Å².